The molecule has 0 radical (unpaired) electrons. The van der Waals surface area contributed by atoms with Gasteiger partial charge < -0.3 is 19.2 Å². The van der Waals surface area contributed by atoms with Gasteiger partial charge in [0.15, 0.2) is 5.89 Å². The van der Waals surface area contributed by atoms with E-state index < -0.39 is 0 Å². The van der Waals surface area contributed by atoms with E-state index in [9.17, 15) is 9.90 Å². The number of amides is 1. The molecule has 7 heteroatoms. The highest BCUT2D eigenvalue weighted by Crippen LogP contribution is 2.41. The molecule has 3 aromatic rings. The number of rotatable bonds is 8. The van der Waals surface area contributed by atoms with Gasteiger partial charge in [0.1, 0.15) is 17.7 Å². The van der Waals surface area contributed by atoms with E-state index in [0.717, 1.165) is 97.9 Å². The van der Waals surface area contributed by atoms with Crippen LogP contribution in [0.1, 0.15) is 93.3 Å². The van der Waals surface area contributed by atoms with Crippen molar-refractivity contribution < 1.29 is 19.1 Å². The number of hydrogen-bond acceptors (Lipinski definition) is 6. The van der Waals surface area contributed by atoms with E-state index in [1.165, 1.54) is 0 Å². The molecule has 2 heterocycles. The highest BCUT2D eigenvalue weighted by atomic mass is 16.5. The van der Waals surface area contributed by atoms with Crippen molar-refractivity contribution in [1.82, 2.24) is 9.97 Å². The maximum Gasteiger partial charge on any atom is 0.230 e. The Morgan fingerprint density at radius 1 is 0.975 bits per heavy atom. The van der Waals surface area contributed by atoms with Crippen molar-refractivity contribution in [2.45, 2.75) is 89.1 Å². The summed E-state index contributed by atoms with van der Waals surface area (Å²) in [5.74, 6) is 3.15. The first-order valence-corrected chi connectivity index (χ1v) is 15.0. The lowest BCUT2D eigenvalue weighted by Crippen LogP contribution is -2.41. The largest absolute Gasteiger partial charge is 0.495 e. The number of aromatic nitrogens is 2. The number of oxazole rings is 1. The van der Waals surface area contributed by atoms with Gasteiger partial charge in [0, 0.05) is 41.2 Å². The molecule has 0 unspecified atom stereocenters. The molecule has 40 heavy (non-hydrogen) atoms. The third kappa shape index (κ3) is 5.95. The molecular formula is C33H41N3O4. The summed E-state index contributed by atoms with van der Waals surface area (Å²) in [5, 5.41) is 10.0. The van der Waals surface area contributed by atoms with Crippen molar-refractivity contribution in [3.63, 3.8) is 0 Å². The number of aryl methyl sites for hydroxylation is 1. The van der Waals surface area contributed by atoms with Crippen molar-refractivity contribution in [3.8, 4) is 17.0 Å². The Bertz CT molecular complexity index is 1320. The van der Waals surface area contributed by atoms with Gasteiger partial charge in [-0.15, -0.1) is 0 Å². The second kappa shape index (κ2) is 11.7. The van der Waals surface area contributed by atoms with E-state index >= 15 is 0 Å². The zero-order valence-electron chi connectivity index (χ0n) is 23.7. The maximum absolute atomic E-state index is 14.0. The van der Waals surface area contributed by atoms with Crippen LogP contribution < -0.4 is 9.64 Å². The van der Waals surface area contributed by atoms with E-state index in [1.54, 1.807) is 13.4 Å². The van der Waals surface area contributed by atoms with Gasteiger partial charge in [-0.1, -0.05) is 12.1 Å². The lowest BCUT2D eigenvalue weighted by atomic mass is 9.79. The van der Waals surface area contributed by atoms with Crippen LogP contribution in [0.4, 0.5) is 5.69 Å². The monoisotopic (exact) mass is 543 g/mol. The van der Waals surface area contributed by atoms with Gasteiger partial charge in [-0.05, 0) is 101 Å². The quantitative estimate of drug-likeness (QED) is 0.337. The molecule has 0 bridgehead atoms. The van der Waals surface area contributed by atoms with E-state index in [2.05, 4.69) is 18.2 Å². The Kier molecular flexibility index (Phi) is 7.92. The fourth-order valence-corrected chi connectivity index (χ4v) is 6.55. The Morgan fingerprint density at radius 2 is 1.73 bits per heavy atom. The number of pyridine rings is 1. The lowest BCUT2D eigenvalue weighted by Gasteiger charge is -2.35. The van der Waals surface area contributed by atoms with E-state index in [4.69, 9.17) is 19.1 Å². The summed E-state index contributed by atoms with van der Waals surface area (Å²) >= 11 is 0. The van der Waals surface area contributed by atoms with Crippen LogP contribution in [0.15, 0.2) is 47.1 Å². The van der Waals surface area contributed by atoms with Crippen molar-refractivity contribution in [2.24, 2.45) is 11.8 Å². The number of ether oxygens (including phenoxy) is 1. The van der Waals surface area contributed by atoms with Crippen molar-refractivity contribution in [1.29, 1.82) is 0 Å². The van der Waals surface area contributed by atoms with E-state index in [1.807, 2.05) is 30.0 Å². The number of hydrogen-bond donors (Lipinski definition) is 1. The van der Waals surface area contributed by atoms with Crippen LogP contribution in [-0.2, 0) is 4.79 Å². The van der Waals surface area contributed by atoms with Crippen LogP contribution in [-0.4, -0.2) is 40.7 Å². The standard InChI is InChI=1S/C33H41N3O4/c1-21-31(39-2)17-16-29(34-21)23-8-6-22(7-9-23)19-36(33(38)25-12-14-28(37)15-13-25)27-5-3-4-26(18-27)30-20-40-32(35-30)24-10-11-24/h3-5,16-18,20,22-25,28,37H,6-15,19H2,1-2H3/t22-,23-,25-,28-. The molecular weight excluding hydrogens is 502 g/mol. The van der Waals surface area contributed by atoms with Crippen molar-refractivity contribution in [2.75, 3.05) is 18.6 Å². The Balaban J connectivity index is 1.19. The molecule has 3 fully saturated rings. The minimum atomic E-state index is -0.279. The highest BCUT2D eigenvalue weighted by Gasteiger charge is 2.33. The first kappa shape index (κ1) is 27.0. The Morgan fingerprint density at radius 3 is 2.42 bits per heavy atom. The predicted octanol–water partition coefficient (Wildman–Crippen LogP) is 6.79. The third-order valence-electron chi connectivity index (χ3n) is 9.20. The molecule has 3 saturated carbocycles. The number of anilines is 1. The van der Waals surface area contributed by atoms with Crippen molar-refractivity contribution >= 4 is 11.6 Å². The van der Waals surface area contributed by atoms with Crippen molar-refractivity contribution in [3.05, 3.63) is 59.9 Å². The molecule has 2 aromatic heterocycles. The summed E-state index contributed by atoms with van der Waals surface area (Å²) < 4.78 is 11.2. The van der Waals surface area contributed by atoms with Crippen LogP contribution in [0.25, 0.3) is 11.3 Å². The van der Waals surface area contributed by atoms with Crippen LogP contribution in [0.3, 0.4) is 0 Å². The molecule has 212 valence electrons. The average molecular weight is 544 g/mol. The fourth-order valence-electron chi connectivity index (χ4n) is 6.55. The summed E-state index contributed by atoms with van der Waals surface area (Å²) in [6, 6.07) is 12.4. The summed E-state index contributed by atoms with van der Waals surface area (Å²) in [6.07, 6.45) is 10.9. The number of methoxy groups -OCH3 is 1. The first-order chi connectivity index (χ1) is 19.5. The van der Waals surface area contributed by atoms with Gasteiger partial charge in [-0.3, -0.25) is 9.78 Å². The molecule has 0 atom stereocenters. The number of carbonyl (C=O) groups excluding carboxylic acids is 1. The fraction of sp³-hybridized carbons (Fsp3) is 0.545. The molecule has 6 rings (SSSR count). The first-order valence-electron chi connectivity index (χ1n) is 15.0. The normalized spacial score (nSPS) is 25.0. The number of aliphatic hydroxyl groups excluding tert-OH is 1. The molecule has 3 aliphatic rings. The summed E-state index contributed by atoms with van der Waals surface area (Å²) in [4.78, 5) is 25.6. The Labute approximate surface area is 237 Å². The third-order valence-corrected chi connectivity index (χ3v) is 9.20. The zero-order chi connectivity index (χ0) is 27.6. The maximum atomic E-state index is 14.0. The highest BCUT2D eigenvalue weighted by molar-refractivity contribution is 5.95. The van der Waals surface area contributed by atoms with E-state index in [0.29, 0.717) is 30.6 Å². The van der Waals surface area contributed by atoms with Gasteiger partial charge >= 0.3 is 0 Å². The van der Waals surface area contributed by atoms with Gasteiger partial charge in [-0.25, -0.2) is 4.98 Å². The predicted molar refractivity (Wildman–Crippen MR) is 154 cm³/mol. The molecule has 1 aromatic carbocycles. The van der Waals surface area contributed by atoms with E-state index in [-0.39, 0.29) is 17.9 Å². The summed E-state index contributed by atoms with van der Waals surface area (Å²) in [5.41, 5.74) is 4.83. The van der Waals surface area contributed by atoms with Gasteiger partial charge in [-0.2, -0.15) is 0 Å². The Hall–Kier alpha value is -3.19. The van der Waals surface area contributed by atoms with Crippen LogP contribution in [0.5, 0.6) is 5.75 Å². The molecule has 3 aliphatic carbocycles. The minimum Gasteiger partial charge on any atom is -0.495 e. The minimum absolute atomic E-state index is 0.0385. The number of benzene rings is 1. The molecule has 1 N–H and O–H groups in total. The van der Waals surface area contributed by atoms with Crippen LogP contribution in [0.2, 0.25) is 0 Å². The summed E-state index contributed by atoms with van der Waals surface area (Å²) in [6.45, 7) is 2.72. The second-order valence-corrected chi connectivity index (χ2v) is 12.1. The second-order valence-electron chi connectivity index (χ2n) is 12.1. The van der Waals surface area contributed by atoms with Gasteiger partial charge in [0.05, 0.1) is 18.9 Å². The smallest absolute Gasteiger partial charge is 0.230 e. The summed E-state index contributed by atoms with van der Waals surface area (Å²) in [7, 11) is 1.68. The molecule has 0 aliphatic heterocycles. The van der Waals surface area contributed by atoms with Crippen LogP contribution in [0, 0.1) is 18.8 Å². The molecule has 1 amide bonds. The van der Waals surface area contributed by atoms with Gasteiger partial charge in [0.25, 0.3) is 0 Å². The average Bonchev–Trinajstić information content (AvgIpc) is 3.72. The molecule has 0 spiro atoms. The lowest BCUT2D eigenvalue weighted by molar-refractivity contribution is -0.124. The zero-order valence-corrected chi connectivity index (χ0v) is 23.7. The molecule has 0 saturated heterocycles. The number of aliphatic hydroxyl groups is 1. The number of nitrogens with zero attached hydrogens (tertiary/aromatic N) is 3. The van der Waals surface area contributed by atoms with Gasteiger partial charge in [0.2, 0.25) is 5.91 Å². The molecule has 7 nitrogen and oxygen atoms in total. The van der Waals surface area contributed by atoms with Crippen LogP contribution >= 0.6 is 0 Å². The topological polar surface area (TPSA) is 88.7 Å². The SMILES string of the molecule is COc1ccc([C@H]2CC[C@H](CN(c3cccc(-c4coc(C5CC5)n4)c3)C(=O)[C@H]3CC[C@H](O)CC3)CC2)nc1C. The number of carbonyl (C=O) groups is 1.